The Kier molecular flexibility index (Phi) is 8.21. The van der Waals surface area contributed by atoms with Gasteiger partial charge >= 0.3 is 11.8 Å². The number of aryl methyl sites for hydroxylation is 1. The van der Waals surface area contributed by atoms with Crippen LogP contribution in [0.5, 0.6) is 0 Å². The minimum absolute atomic E-state index is 0.0320. The Morgan fingerprint density at radius 3 is 2.25 bits per heavy atom. The summed E-state index contributed by atoms with van der Waals surface area (Å²) in [5, 5.41) is 7.91. The van der Waals surface area contributed by atoms with Crippen LogP contribution in [-0.2, 0) is 16.0 Å². The normalized spacial score (nSPS) is 10.4. The van der Waals surface area contributed by atoms with Crippen LogP contribution in [0.1, 0.15) is 42.6 Å². The van der Waals surface area contributed by atoms with Crippen LogP contribution >= 0.6 is 0 Å². The summed E-state index contributed by atoms with van der Waals surface area (Å²) in [5.74, 6) is -1.79. The molecule has 0 aliphatic carbocycles. The first-order valence-electron chi connectivity index (χ1n) is 9.50. The van der Waals surface area contributed by atoms with Crippen LogP contribution in [0.15, 0.2) is 54.6 Å². The molecule has 0 bridgehead atoms. The van der Waals surface area contributed by atoms with E-state index in [1.54, 1.807) is 24.3 Å². The smallest absolute Gasteiger partial charge is 0.313 e. The minimum atomic E-state index is -0.784. The molecular weight excluding hydrogens is 354 g/mol. The van der Waals surface area contributed by atoms with Crippen LogP contribution in [0.3, 0.4) is 0 Å². The highest BCUT2D eigenvalue weighted by atomic mass is 16.2. The van der Waals surface area contributed by atoms with E-state index in [0.717, 1.165) is 19.3 Å². The van der Waals surface area contributed by atoms with Crippen molar-refractivity contribution in [2.45, 2.75) is 39.2 Å². The van der Waals surface area contributed by atoms with Gasteiger partial charge in [0.2, 0.25) is 0 Å². The highest BCUT2D eigenvalue weighted by molar-refractivity contribution is 6.40. The zero-order chi connectivity index (χ0) is 20.4. The van der Waals surface area contributed by atoms with Crippen molar-refractivity contribution in [2.24, 2.45) is 0 Å². The van der Waals surface area contributed by atoms with Crippen LogP contribution in [0.25, 0.3) is 0 Å². The molecule has 28 heavy (non-hydrogen) atoms. The maximum absolute atomic E-state index is 12.2. The van der Waals surface area contributed by atoms with E-state index in [-0.39, 0.29) is 11.9 Å². The second-order valence-electron chi connectivity index (χ2n) is 6.83. The number of nitrogens with one attached hydrogen (secondary N) is 3. The van der Waals surface area contributed by atoms with Crippen molar-refractivity contribution in [3.63, 3.8) is 0 Å². The largest absolute Gasteiger partial charge is 0.350 e. The summed E-state index contributed by atoms with van der Waals surface area (Å²) in [6.07, 6.45) is 2.63. The average molecular weight is 381 g/mol. The van der Waals surface area contributed by atoms with E-state index < -0.39 is 11.8 Å². The molecule has 6 nitrogen and oxygen atoms in total. The lowest BCUT2D eigenvalue weighted by Gasteiger charge is -2.13. The van der Waals surface area contributed by atoms with Crippen LogP contribution in [0.2, 0.25) is 0 Å². The van der Waals surface area contributed by atoms with Crippen molar-refractivity contribution in [3.05, 3.63) is 65.7 Å². The van der Waals surface area contributed by atoms with Crippen molar-refractivity contribution in [1.29, 1.82) is 0 Å². The molecule has 2 aromatic carbocycles. The van der Waals surface area contributed by atoms with Gasteiger partial charge in [-0.25, -0.2) is 0 Å². The minimum Gasteiger partial charge on any atom is -0.350 e. The van der Waals surface area contributed by atoms with Gasteiger partial charge in [-0.05, 0) is 50.8 Å². The zero-order valence-electron chi connectivity index (χ0n) is 16.3. The van der Waals surface area contributed by atoms with Gasteiger partial charge in [0.05, 0.1) is 11.3 Å². The summed E-state index contributed by atoms with van der Waals surface area (Å²) in [6.45, 7) is 4.13. The summed E-state index contributed by atoms with van der Waals surface area (Å²) in [7, 11) is 0. The number of benzene rings is 2. The van der Waals surface area contributed by atoms with Gasteiger partial charge in [-0.2, -0.15) is 0 Å². The summed E-state index contributed by atoms with van der Waals surface area (Å²) >= 11 is 0. The molecule has 0 unspecified atom stereocenters. The fourth-order valence-corrected chi connectivity index (χ4v) is 2.69. The quantitative estimate of drug-likeness (QED) is 0.485. The predicted molar refractivity (Wildman–Crippen MR) is 110 cm³/mol. The molecule has 2 aromatic rings. The van der Waals surface area contributed by atoms with Crippen molar-refractivity contribution in [2.75, 3.05) is 11.9 Å². The molecule has 0 aliphatic heterocycles. The lowest BCUT2D eigenvalue weighted by Crippen LogP contribution is -2.37. The van der Waals surface area contributed by atoms with E-state index in [1.165, 1.54) is 5.56 Å². The SMILES string of the molecule is CC(C)NC(=O)c1ccccc1NC(=O)C(=O)NCCCCc1ccccc1. The van der Waals surface area contributed by atoms with E-state index >= 15 is 0 Å². The third kappa shape index (κ3) is 6.87. The molecule has 3 N–H and O–H groups in total. The molecule has 0 fully saturated rings. The summed E-state index contributed by atoms with van der Waals surface area (Å²) < 4.78 is 0. The molecule has 0 aliphatic rings. The van der Waals surface area contributed by atoms with E-state index in [1.807, 2.05) is 32.0 Å². The van der Waals surface area contributed by atoms with Crippen LogP contribution < -0.4 is 16.0 Å². The first-order chi connectivity index (χ1) is 13.5. The Bertz CT molecular complexity index is 804. The predicted octanol–water partition coefficient (Wildman–Crippen LogP) is 2.90. The Morgan fingerprint density at radius 1 is 0.857 bits per heavy atom. The fourth-order valence-electron chi connectivity index (χ4n) is 2.69. The van der Waals surface area contributed by atoms with Gasteiger partial charge in [0, 0.05) is 12.6 Å². The molecule has 0 atom stereocenters. The summed E-state index contributed by atoms with van der Waals surface area (Å²) in [6, 6.07) is 16.7. The van der Waals surface area contributed by atoms with Crippen LogP contribution in [-0.4, -0.2) is 30.3 Å². The number of amides is 3. The number of carbonyl (C=O) groups excluding carboxylic acids is 3. The summed E-state index contributed by atoms with van der Waals surface area (Å²) in [4.78, 5) is 36.4. The third-order valence-corrected chi connectivity index (χ3v) is 4.07. The molecule has 0 radical (unpaired) electrons. The molecule has 0 saturated heterocycles. The standard InChI is InChI=1S/C22H27N3O3/c1-16(2)24-20(26)18-13-6-7-14-19(18)25-22(28)21(27)23-15-9-8-12-17-10-4-3-5-11-17/h3-7,10-11,13-14,16H,8-9,12,15H2,1-2H3,(H,23,27)(H,24,26)(H,25,28). The third-order valence-electron chi connectivity index (χ3n) is 4.07. The van der Waals surface area contributed by atoms with E-state index in [9.17, 15) is 14.4 Å². The van der Waals surface area contributed by atoms with Crippen LogP contribution in [0.4, 0.5) is 5.69 Å². The Morgan fingerprint density at radius 2 is 1.54 bits per heavy atom. The van der Waals surface area contributed by atoms with Gasteiger partial charge in [0.1, 0.15) is 0 Å². The second kappa shape index (κ2) is 10.9. The van der Waals surface area contributed by atoms with Gasteiger partial charge in [-0.1, -0.05) is 42.5 Å². The highest BCUT2D eigenvalue weighted by Gasteiger charge is 2.17. The molecule has 148 valence electrons. The van der Waals surface area contributed by atoms with Gasteiger partial charge in [0.25, 0.3) is 5.91 Å². The number of rotatable bonds is 8. The molecule has 6 heteroatoms. The van der Waals surface area contributed by atoms with Crippen molar-refractivity contribution in [1.82, 2.24) is 10.6 Å². The van der Waals surface area contributed by atoms with E-state index in [0.29, 0.717) is 17.8 Å². The molecule has 0 aromatic heterocycles. The highest BCUT2D eigenvalue weighted by Crippen LogP contribution is 2.15. The number of hydrogen-bond donors (Lipinski definition) is 3. The number of anilines is 1. The van der Waals surface area contributed by atoms with Gasteiger partial charge in [0.15, 0.2) is 0 Å². The molecule has 3 amide bonds. The number of unbranched alkanes of at least 4 members (excludes halogenated alkanes) is 1. The maximum Gasteiger partial charge on any atom is 0.313 e. The summed E-state index contributed by atoms with van der Waals surface area (Å²) in [5.41, 5.74) is 1.88. The lowest BCUT2D eigenvalue weighted by molar-refractivity contribution is -0.136. The van der Waals surface area contributed by atoms with Gasteiger partial charge in [-0.15, -0.1) is 0 Å². The molecule has 0 heterocycles. The Balaban J connectivity index is 1.79. The lowest BCUT2D eigenvalue weighted by atomic mass is 10.1. The number of para-hydroxylation sites is 1. The van der Waals surface area contributed by atoms with E-state index in [4.69, 9.17) is 0 Å². The van der Waals surface area contributed by atoms with Gasteiger partial charge < -0.3 is 16.0 Å². The molecule has 2 rings (SSSR count). The van der Waals surface area contributed by atoms with E-state index in [2.05, 4.69) is 28.1 Å². The van der Waals surface area contributed by atoms with Crippen LogP contribution in [0, 0.1) is 0 Å². The fraction of sp³-hybridized carbons (Fsp3) is 0.318. The molecule has 0 saturated carbocycles. The first-order valence-corrected chi connectivity index (χ1v) is 9.50. The monoisotopic (exact) mass is 381 g/mol. The molecular formula is C22H27N3O3. The zero-order valence-corrected chi connectivity index (χ0v) is 16.3. The topological polar surface area (TPSA) is 87.3 Å². The van der Waals surface area contributed by atoms with Crippen molar-refractivity contribution < 1.29 is 14.4 Å². The maximum atomic E-state index is 12.2. The Labute approximate surface area is 165 Å². The Hall–Kier alpha value is -3.15. The second-order valence-corrected chi connectivity index (χ2v) is 6.83. The number of hydrogen-bond acceptors (Lipinski definition) is 3. The first kappa shape index (κ1) is 21.2. The molecule has 0 spiro atoms. The number of carbonyl (C=O) groups is 3. The van der Waals surface area contributed by atoms with Gasteiger partial charge in [-0.3, -0.25) is 14.4 Å². The van der Waals surface area contributed by atoms with Crippen molar-refractivity contribution in [3.8, 4) is 0 Å². The average Bonchev–Trinajstić information content (AvgIpc) is 2.68. The van der Waals surface area contributed by atoms with Crippen molar-refractivity contribution >= 4 is 23.4 Å².